The third-order valence-corrected chi connectivity index (χ3v) is 3.82. The molecular weight excluding hydrogens is 328 g/mol. The van der Waals surface area contributed by atoms with E-state index in [1.807, 2.05) is 0 Å². The largest absolute Gasteiger partial charge is 0.435 e. The summed E-state index contributed by atoms with van der Waals surface area (Å²) in [5.41, 5.74) is 0.805. The minimum absolute atomic E-state index is 0.00277. The van der Waals surface area contributed by atoms with Crippen molar-refractivity contribution in [3.05, 3.63) is 69.8 Å². The van der Waals surface area contributed by atoms with Crippen molar-refractivity contribution in [1.29, 1.82) is 0 Å². The molecule has 2 aromatic carbocycles. The Bertz CT molecular complexity index is 927. The van der Waals surface area contributed by atoms with E-state index in [0.29, 0.717) is 5.56 Å². The van der Waals surface area contributed by atoms with Crippen LogP contribution >= 0.6 is 0 Å². The minimum atomic E-state index is -0.834. The molecule has 0 amide bonds. The van der Waals surface area contributed by atoms with Crippen LogP contribution in [0.25, 0.3) is 0 Å². The maximum absolute atomic E-state index is 12.8. The lowest BCUT2D eigenvalue weighted by Gasteiger charge is -2.11. The number of carbonyl (C=O) groups excluding carboxylic acids is 4. The lowest BCUT2D eigenvalue weighted by molar-refractivity contribution is 0.00657. The van der Waals surface area contributed by atoms with Gasteiger partial charge in [-0.2, -0.15) is 0 Å². The van der Waals surface area contributed by atoms with Crippen molar-refractivity contribution in [2.24, 2.45) is 0 Å². The number of fused-ring (bicyclic) bond motifs is 1. The first-order chi connectivity index (χ1) is 11.9. The Labute approximate surface area is 141 Å². The first-order valence-corrected chi connectivity index (χ1v) is 7.27. The molecule has 25 heavy (non-hydrogen) atoms. The van der Waals surface area contributed by atoms with Crippen molar-refractivity contribution in [2.75, 3.05) is 6.79 Å². The zero-order valence-corrected chi connectivity index (χ0v) is 13.1. The van der Waals surface area contributed by atoms with Gasteiger partial charge in [0, 0.05) is 11.1 Å². The molecule has 126 valence electrons. The molecule has 0 fully saturated rings. The van der Waals surface area contributed by atoms with E-state index in [1.54, 1.807) is 19.1 Å². The summed E-state index contributed by atoms with van der Waals surface area (Å²) in [5, 5.41) is 8.78. The van der Waals surface area contributed by atoms with Crippen LogP contribution in [-0.2, 0) is 9.47 Å². The van der Waals surface area contributed by atoms with Crippen LogP contribution in [-0.4, -0.2) is 35.6 Å². The smallest absolute Gasteiger partial charge is 0.346 e. The summed E-state index contributed by atoms with van der Waals surface area (Å²) < 4.78 is 9.08. The van der Waals surface area contributed by atoms with Gasteiger partial charge in [-0.15, -0.1) is 0 Å². The molecule has 0 atom stereocenters. The summed E-state index contributed by atoms with van der Waals surface area (Å²) in [6, 6.07) is 8.64. The highest BCUT2D eigenvalue weighted by Gasteiger charge is 2.31. The van der Waals surface area contributed by atoms with Crippen LogP contribution in [0.4, 0.5) is 0 Å². The van der Waals surface area contributed by atoms with Crippen LogP contribution < -0.4 is 0 Å². The van der Waals surface area contributed by atoms with Crippen LogP contribution in [0.3, 0.4) is 0 Å². The Morgan fingerprint density at radius 2 is 1.80 bits per heavy atom. The van der Waals surface area contributed by atoms with E-state index in [9.17, 15) is 19.2 Å². The fourth-order valence-corrected chi connectivity index (χ4v) is 2.64. The number of aryl methyl sites for hydroxylation is 1. The van der Waals surface area contributed by atoms with E-state index in [4.69, 9.17) is 5.11 Å². The molecule has 7 heteroatoms. The molecule has 0 spiro atoms. The predicted octanol–water partition coefficient (Wildman–Crippen LogP) is 1.64. The van der Waals surface area contributed by atoms with Crippen molar-refractivity contribution in [3.63, 3.8) is 0 Å². The second-order valence-corrected chi connectivity index (χ2v) is 5.32. The first kappa shape index (κ1) is 16.5. The highest BCUT2D eigenvalue weighted by atomic mass is 16.6. The fraction of sp³-hybridized carbons (Fsp3) is 0.111. The van der Waals surface area contributed by atoms with Crippen LogP contribution in [0.5, 0.6) is 0 Å². The molecule has 0 aliphatic carbocycles. The number of hydrogen-bond acceptors (Lipinski definition) is 7. The van der Waals surface area contributed by atoms with Gasteiger partial charge in [0.15, 0.2) is 12.6 Å². The number of ether oxygens (including phenoxy) is 2. The summed E-state index contributed by atoms with van der Waals surface area (Å²) in [4.78, 5) is 48.0. The SMILES string of the molecule is Cc1cccc(C(=O)c2ccc3c(c2)C(=O)OC3=O)c1C(=O)OCO. The predicted molar refractivity (Wildman–Crippen MR) is 83.3 cm³/mol. The second-order valence-electron chi connectivity index (χ2n) is 5.32. The number of aliphatic hydroxyl groups excluding tert-OH is 1. The van der Waals surface area contributed by atoms with Gasteiger partial charge >= 0.3 is 17.9 Å². The van der Waals surface area contributed by atoms with E-state index in [1.165, 1.54) is 24.3 Å². The Morgan fingerprint density at radius 1 is 1.08 bits per heavy atom. The molecule has 1 aliphatic rings. The molecule has 1 N–H and O–H groups in total. The number of esters is 3. The fourth-order valence-electron chi connectivity index (χ4n) is 2.64. The summed E-state index contributed by atoms with van der Waals surface area (Å²) in [7, 11) is 0. The van der Waals surface area contributed by atoms with Crippen molar-refractivity contribution in [2.45, 2.75) is 6.92 Å². The molecule has 0 radical (unpaired) electrons. The summed E-state index contributed by atoms with van der Waals surface area (Å²) in [6.07, 6.45) is 0. The average molecular weight is 340 g/mol. The van der Waals surface area contributed by atoms with Crippen molar-refractivity contribution < 1.29 is 33.8 Å². The van der Waals surface area contributed by atoms with Crippen LogP contribution in [0.15, 0.2) is 36.4 Å². The van der Waals surface area contributed by atoms with E-state index in [-0.39, 0.29) is 27.8 Å². The van der Waals surface area contributed by atoms with Crippen LogP contribution in [0.1, 0.15) is 52.6 Å². The molecule has 0 saturated carbocycles. The van der Waals surface area contributed by atoms with Crippen molar-refractivity contribution in [1.82, 2.24) is 0 Å². The van der Waals surface area contributed by atoms with E-state index >= 15 is 0 Å². The van der Waals surface area contributed by atoms with Gasteiger partial charge in [0.1, 0.15) is 0 Å². The van der Waals surface area contributed by atoms with Crippen LogP contribution in [0.2, 0.25) is 0 Å². The topological polar surface area (TPSA) is 107 Å². The van der Waals surface area contributed by atoms with Gasteiger partial charge < -0.3 is 14.6 Å². The molecular formula is C18H12O7. The third-order valence-electron chi connectivity index (χ3n) is 3.82. The Morgan fingerprint density at radius 3 is 2.52 bits per heavy atom. The Kier molecular flexibility index (Phi) is 4.16. The minimum Gasteiger partial charge on any atom is -0.435 e. The monoisotopic (exact) mass is 340 g/mol. The molecule has 1 aliphatic heterocycles. The lowest BCUT2D eigenvalue weighted by atomic mass is 9.93. The van der Waals surface area contributed by atoms with Gasteiger partial charge in [-0.25, -0.2) is 14.4 Å². The molecule has 0 saturated heterocycles. The number of benzene rings is 2. The molecule has 0 aromatic heterocycles. The summed E-state index contributed by atoms with van der Waals surface area (Å²) in [5.74, 6) is -2.94. The normalized spacial score (nSPS) is 12.6. The number of cyclic esters (lactones) is 2. The number of carbonyl (C=O) groups is 4. The van der Waals surface area contributed by atoms with E-state index in [2.05, 4.69) is 9.47 Å². The molecule has 7 nitrogen and oxygen atoms in total. The quantitative estimate of drug-likeness (QED) is 0.390. The molecule has 3 rings (SSSR count). The molecule has 2 aromatic rings. The highest BCUT2D eigenvalue weighted by molar-refractivity contribution is 6.19. The standard InChI is InChI=1S/C18H12O7/c1-9-3-2-4-12(14(9)18(23)24-8-19)15(20)10-5-6-11-13(7-10)17(22)25-16(11)21/h2-7,19H,8H2,1H3. The Hall–Kier alpha value is -3.32. The summed E-state index contributed by atoms with van der Waals surface area (Å²) >= 11 is 0. The van der Waals surface area contributed by atoms with Gasteiger partial charge in [-0.05, 0) is 24.6 Å². The number of ketones is 1. The maximum atomic E-state index is 12.8. The van der Waals surface area contributed by atoms with Gasteiger partial charge in [-0.1, -0.05) is 24.3 Å². The zero-order valence-electron chi connectivity index (χ0n) is 13.1. The second kappa shape index (κ2) is 6.29. The van der Waals surface area contributed by atoms with Gasteiger partial charge in [0.2, 0.25) is 0 Å². The van der Waals surface area contributed by atoms with E-state index < -0.39 is 30.5 Å². The van der Waals surface area contributed by atoms with Gasteiger partial charge in [0.25, 0.3) is 0 Å². The maximum Gasteiger partial charge on any atom is 0.346 e. The van der Waals surface area contributed by atoms with Crippen LogP contribution in [0, 0.1) is 6.92 Å². The highest BCUT2D eigenvalue weighted by Crippen LogP contribution is 2.24. The number of aliphatic hydroxyl groups is 1. The van der Waals surface area contributed by atoms with Gasteiger partial charge in [0.05, 0.1) is 16.7 Å². The molecule has 1 heterocycles. The Balaban J connectivity index is 2.07. The van der Waals surface area contributed by atoms with Gasteiger partial charge in [-0.3, -0.25) is 4.79 Å². The van der Waals surface area contributed by atoms with E-state index in [0.717, 1.165) is 0 Å². The van der Waals surface area contributed by atoms with Crippen molar-refractivity contribution in [3.8, 4) is 0 Å². The zero-order chi connectivity index (χ0) is 18.1. The van der Waals surface area contributed by atoms with Crippen molar-refractivity contribution >= 4 is 23.7 Å². The number of hydrogen-bond donors (Lipinski definition) is 1. The molecule has 0 unspecified atom stereocenters. The molecule has 0 bridgehead atoms. The summed E-state index contributed by atoms with van der Waals surface area (Å²) in [6.45, 7) is 0.817. The third kappa shape index (κ3) is 2.81. The number of rotatable bonds is 4. The first-order valence-electron chi connectivity index (χ1n) is 7.27. The lowest BCUT2D eigenvalue weighted by Crippen LogP contribution is -2.15. The average Bonchev–Trinajstić information content (AvgIpc) is 2.88.